The Labute approximate surface area is 126 Å². The summed E-state index contributed by atoms with van der Waals surface area (Å²) < 4.78 is 5.87. The van der Waals surface area contributed by atoms with E-state index in [-0.39, 0.29) is 11.4 Å². The molecule has 3 heterocycles. The number of nitrogens with zero attached hydrogens (tertiary/aromatic N) is 1. The molecule has 2 aliphatic heterocycles. The number of furan rings is 1. The molecule has 1 amide bonds. The van der Waals surface area contributed by atoms with Crippen LogP contribution in [0.15, 0.2) is 16.5 Å². The topological polar surface area (TPSA) is 45.5 Å². The second-order valence-corrected chi connectivity index (χ2v) is 6.42. The van der Waals surface area contributed by atoms with Crippen molar-refractivity contribution in [1.82, 2.24) is 10.2 Å². The van der Waals surface area contributed by atoms with Gasteiger partial charge in [0.15, 0.2) is 0 Å². The highest BCUT2D eigenvalue weighted by Crippen LogP contribution is 2.37. The number of hydrogen-bond donors (Lipinski definition) is 1. The van der Waals surface area contributed by atoms with Gasteiger partial charge < -0.3 is 9.73 Å². The molecule has 0 saturated carbocycles. The van der Waals surface area contributed by atoms with Crippen molar-refractivity contribution in [1.29, 1.82) is 0 Å². The SMILES string of the molecule is CCc1ccc(CN2CCC[C@@]3(CCC(=O)N3)[C@H]2CC)o1. The maximum Gasteiger partial charge on any atom is 0.220 e. The highest BCUT2D eigenvalue weighted by Gasteiger charge is 2.47. The molecule has 2 aliphatic rings. The summed E-state index contributed by atoms with van der Waals surface area (Å²) in [6, 6.07) is 4.60. The fourth-order valence-electron chi connectivity index (χ4n) is 4.18. The number of rotatable bonds is 4. The van der Waals surface area contributed by atoms with Crippen molar-refractivity contribution in [2.24, 2.45) is 0 Å². The third-order valence-electron chi connectivity index (χ3n) is 5.14. The summed E-state index contributed by atoms with van der Waals surface area (Å²) in [4.78, 5) is 14.2. The Morgan fingerprint density at radius 1 is 1.33 bits per heavy atom. The molecule has 2 saturated heterocycles. The Morgan fingerprint density at radius 3 is 2.76 bits per heavy atom. The second kappa shape index (κ2) is 5.84. The summed E-state index contributed by atoms with van der Waals surface area (Å²) in [5.41, 5.74) is 0.00423. The van der Waals surface area contributed by atoms with Gasteiger partial charge in [-0.05, 0) is 44.4 Å². The van der Waals surface area contributed by atoms with Gasteiger partial charge in [-0.2, -0.15) is 0 Å². The van der Waals surface area contributed by atoms with Gasteiger partial charge in [-0.25, -0.2) is 0 Å². The zero-order valence-electron chi connectivity index (χ0n) is 13.2. The van der Waals surface area contributed by atoms with Crippen LogP contribution in [0, 0.1) is 0 Å². The van der Waals surface area contributed by atoms with Crippen LogP contribution in [-0.4, -0.2) is 28.9 Å². The number of carbonyl (C=O) groups excluding carboxylic acids is 1. The molecule has 3 rings (SSSR count). The average Bonchev–Trinajstić information content (AvgIpc) is 3.07. The van der Waals surface area contributed by atoms with E-state index in [0.29, 0.717) is 12.5 Å². The normalized spacial score (nSPS) is 30.0. The van der Waals surface area contributed by atoms with Gasteiger partial charge in [0.1, 0.15) is 11.5 Å². The van der Waals surface area contributed by atoms with Gasteiger partial charge in [-0.1, -0.05) is 13.8 Å². The first kappa shape index (κ1) is 14.6. The zero-order valence-corrected chi connectivity index (χ0v) is 13.2. The lowest BCUT2D eigenvalue weighted by molar-refractivity contribution is -0.120. The molecule has 1 spiro atoms. The van der Waals surface area contributed by atoms with Gasteiger partial charge in [0.05, 0.1) is 12.1 Å². The highest BCUT2D eigenvalue weighted by molar-refractivity contribution is 5.79. The molecule has 0 aromatic carbocycles. The maximum absolute atomic E-state index is 11.7. The lowest BCUT2D eigenvalue weighted by atomic mass is 9.78. The highest BCUT2D eigenvalue weighted by atomic mass is 16.3. The lowest BCUT2D eigenvalue weighted by Crippen LogP contribution is -2.61. The molecular formula is C17H26N2O2. The Hall–Kier alpha value is -1.29. The Bertz CT molecular complexity index is 511. The maximum atomic E-state index is 11.7. The Balaban J connectivity index is 1.76. The van der Waals surface area contributed by atoms with Crippen molar-refractivity contribution < 1.29 is 9.21 Å². The molecule has 21 heavy (non-hydrogen) atoms. The van der Waals surface area contributed by atoms with E-state index in [4.69, 9.17) is 4.42 Å². The van der Waals surface area contributed by atoms with Crippen molar-refractivity contribution in [3.05, 3.63) is 23.7 Å². The van der Waals surface area contributed by atoms with Crippen LogP contribution in [0.1, 0.15) is 57.5 Å². The first-order chi connectivity index (χ1) is 10.2. The number of carbonyl (C=O) groups is 1. The van der Waals surface area contributed by atoms with E-state index in [0.717, 1.165) is 56.7 Å². The Morgan fingerprint density at radius 2 is 2.14 bits per heavy atom. The second-order valence-electron chi connectivity index (χ2n) is 6.42. The summed E-state index contributed by atoms with van der Waals surface area (Å²) in [6.07, 6.45) is 5.95. The van der Waals surface area contributed by atoms with Gasteiger partial charge in [0.2, 0.25) is 5.91 Å². The molecule has 4 nitrogen and oxygen atoms in total. The summed E-state index contributed by atoms with van der Waals surface area (Å²) in [5, 5.41) is 3.29. The van der Waals surface area contributed by atoms with E-state index >= 15 is 0 Å². The minimum atomic E-state index is 0.00423. The molecule has 0 bridgehead atoms. The van der Waals surface area contributed by atoms with Crippen LogP contribution in [0.3, 0.4) is 0 Å². The molecule has 2 fully saturated rings. The van der Waals surface area contributed by atoms with Crippen LogP contribution in [0.2, 0.25) is 0 Å². The number of amides is 1. The molecule has 1 N–H and O–H groups in total. The molecule has 0 aliphatic carbocycles. The fraction of sp³-hybridized carbons (Fsp3) is 0.706. The number of nitrogens with one attached hydrogen (secondary N) is 1. The van der Waals surface area contributed by atoms with Crippen LogP contribution in [0.4, 0.5) is 0 Å². The van der Waals surface area contributed by atoms with Gasteiger partial charge in [0.25, 0.3) is 0 Å². The van der Waals surface area contributed by atoms with Crippen LogP contribution in [0.25, 0.3) is 0 Å². The zero-order chi connectivity index (χ0) is 14.9. The van der Waals surface area contributed by atoms with Crippen LogP contribution < -0.4 is 5.32 Å². The van der Waals surface area contributed by atoms with E-state index in [1.165, 1.54) is 0 Å². The number of hydrogen-bond acceptors (Lipinski definition) is 3. The Kier molecular flexibility index (Phi) is 4.07. The average molecular weight is 290 g/mol. The van der Waals surface area contributed by atoms with E-state index in [2.05, 4.69) is 36.2 Å². The smallest absolute Gasteiger partial charge is 0.220 e. The predicted octanol–water partition coefficient (Wildman–Crippen LogP) is 2.87. The predicted molar refractivity (Wildman–Crippen MR) is 81.9 cm³/mol. The van der Waals surface area contributed by atoms with E-state index in [1.807, 2.05) is 0 Å². The van der Waals surface area contributed by atoms with Crippen LogP contribution >= 0.6 is 0 Å². The molecule has 2 atom stereocenters. The number of aryl methyl sites for hydroxylation is 1. The van der Waals surface area contributed by atoms with E-state index in [9.17, 15) is 4.79 Å². The van der Waals surface area contributed by atoms with Crippen LogP contribution in [0.5, 0.6) is 0 Å². The van der Waals surface area contributed by atoms with Crippen molar-refractivity contribution in [2.75, 3.05) is 6.54 Å². The summed E-state index contributed by atoms with van der Waals surface area (Å²) in [7, 11) is 0. The van der Waals surface area contributed by atoms with Gasteiger partial charge in [-0.15, -0.1) is 0 Å². The molecule has 1 aromatic heterocycles. The third-order valence-corrected chi connectivity index (χ3v) is 5.14. The summed E-state index contributed by atoms with van der Waals surface area (Å²) in [5.74, 6) is 2.33. The monoisotopic (exact) mass is 290 g/mol. The summed E-state index contributed by atoms with van der Waals surface area (Å²) in [6.45, 7) is 6.30. The molecule has 4 heteroatoms. The number of piperidine rings is 1. The fourth-order valence-corrected chi connectivity index (χ4v) is 4.18. The minimum Gasteiger partial charge on any atom is -0.465 e. The molecule has 0 unspecified atom stereocenters. The van der Waals surface area contributed by atoms with Crippen molar-refractivity contribution in [3.63, 3.8) is 0 Å². The van der Waals surface area contributed by atoms with E-state index in [1.54, 1.807) is 0 Å². The lowest BCUT2D eigenvalue weighted by Gasteiger charge is -2.47. The van der Waals surface area contributed by atoms with Gasteiger partial charge in [-0.3, -0.25) is 9.69 Å². The largest absolute Gasteiger partial charge is 0.465 e. The van der Waals surface area contributed by atoms with Gasteiger partial charge in [0, 0.05) is 18.9 Å². The minimum absolute atomic E-state index is 0.00423. The first-order valence-corrected chi connectivity index (χ1v) is 8.29. The molecule has 1 aromatic rings. The van der Waals surface area contributed by atoms with Gasteiger partial charge >= 0.3 is 0 Å². The van der Waals surface area contributed by atoms with Crippen LogP contribution in [-0.2, 0) is 17.8 Å². The first-order valence-electron chi connectivity index (χ1n) is 8.29. The van der Waals surface area contributed by atoms with Crippen molar-refractivity contribution >= 4 is 5.91 Å². The van der Waals surface area contributed by atoms with Crippen molar-refractivity contribution in [2.45, 2.75) is 70.5 Å². The third kappa shape index (κ3) is 2.73. The standard InChI is InChI=1S/C17H26N2O2/c1-3-13-6-7-14(21-13)12-19-11-5-9-17(15(19)4-2)10-8-16(20)18-17/h6-7,15H,3-5,8-12H2,1-2H3,(H,18,20)/t15-,17-/m1/s1. The quantitative estimate of drug-likeness (QED) is 0.927. The molecule has 116 valence electrons. The molecule has 0 radical (unpaired) electrons. The van der Waals surface area contributed by atoms with E-state index < -0.39 is 0 Å². The van der Waals surface area contributed by atoms with Crippen molar-refractivity contribution in [3.8, 4) is 0 Å². The summed E-state index contributed by atoms with van der Waals surface area (Å²) >= 11 is 0. The molecular weight excluding hydrogens is 264 g/mol. The number of likely N-dealkylation sites (tertiary alicyclic amines) is 1.